The van der Waals surface area contributed by atoms with E-state index >= 15 is 0 Å². The fraction of sp³-hybridized carbons (Fsp3) is 0. The van der Waals surface area contributed by atoms with Crippen LogP contribution in [0.1, 0.15) is 0 Å². The average molecular weight is 674 g/mol. The molecule has 0 aliphatic heterocycles. The van der Waals surface area contributed by atoms with Crippen LogP contribution in [0.25, 0.3) is 96.8 Å². The van der Waals surface area contributed by atoms with E-state index in [1.165, 1.54) is 62.6 Å². The Morgan fingerprint density at radius 3 is 1.42 bits per heavy atom. The lowest BCUT2D eigenvalue weighted by molar-refractivity contribution is 1.07. The van der Waals surface area contributed by atoms with Crippen LogP contribution in [0.4, 0.5) is 0 Å². The van der Waals surface area contributed by atoms with Crippen molar-refractivity contribution >= 4 is 63.0 Å². The van der Waals surface area contributed by atoms with Crippen LogP contribution in [0.15, 0.2) is 164 Å². The number of fused-ring (bicyclic) bond motifs is 6. The van der Waals surface area contributed by atoms with Crippen LogP contribution < -0.4 is 0 Å². The Morgan fingerprint density at radius 2 is 0.780 bits per heavy atom. The van der Waals surface area contributed by atoms with Gasteiger partial charge in [0.2, 0.25) is 0 Å². The minimum atomic E-state index is 0.668. The summed E-state index contributed by atoms with van der Waals surface area (Å²) < 4.78 is 5.10. The Kier molecular flexibility index (Phi) is 6.86. The molecule has 5 heteroatoms. The second-order valence-corrected chi connectivity index (χ2v) is 14.6. The molecule has 0 spiro atoms. The molecule has 0 atom stereocenters. The van der Waals surface area contributed by atoms with Gasteiger partial charge in [0.25, 0.3) is 0 Å². The summed E-state index contributed by atoms with van der Waals surface area (Å²) in [4.78, 5) is 14.8. The molecule has 0 amide bonds. The summed E-state index contributed by atoms with van der Waals surface area (Å²) in [6.07, 6.45) is 0. The maximum absolute atomic E-state index is 4.97. The molecular weight excluding hydrogens is 647 g/mol. The number of hydrogen-bond donors (Lipinski definition) is 0. The van der Waals surface area contributed by atoms with Crippen LogP contribution in [-0.2, 0) is 0 Å². The van der Waals surface area contributed by atoms with Crippen molar-refractivity contribution in [1.29, 1.82) is 0 Å². The van der Waals surface area contributed by atoms with E-state index in [1.54, 1.807) is 0 Å². The molecule has 0 radical (unpaired) electrons. The van der Waals surface area contributed by atoms with Crippen molar-refractivity contribution in [3.05, 3.63) is 164 Å². The van der Waals surface area contributed by atoms with Gasteiger partial charge in [0.05, 0.1) is 0 Å². The smallest absolute Gasteiger partial charge is 0.164 e. The molecule has 0 aliphatic rings. The first-order chi connectivity index (χ1) is 24.7. The predicted octanol–water partition coefficient (Wildman–Crippen LogP) is 12.9. The maximum atomic E-state index is 4.97. The Labute approximate surface area is 296 Å². The third-order valence-corrected chi connectivity index (χ3v) is 11.6. The van der Waals surface area contributed by atoms with Gasteiger partial charge in [-0.25, -0.2) is 15.0 Å². The van der Waals surface area contributed by atoms with Gasteiger partial charge in [-0.2, -0.15) is 0 Å². The molecule has 0 N–H and O–H groups in total. The molecule has 0 saturated carbocycles. The SMILES string of the molecule is c1ccc(-c2nc(-c3ccccc3)nc(-c3ccc4c(c3)sc3cc(-c5cc(-c6ccccc6)c6c(c5)sc5ccccc56)ccc34)n2)cc1. The first-order valence-electron chi connectivity index (χ1n) is 16.6. The van der Waals surface area contributed by atoms with Crippen LogP contribution in [0.3, 0.4) is 0 Å². The van der Waals surface area contributed by atoms with Crippen molar-refractivity contribution < 1.29 is 0 Å². The summed E-state index contributed by atoms with van der Waals surface area (Å²) in [7, 11) is 0. The van der Waals surface area contributed by atoms with Gasteiger partial charge in [0.1, 0.15) is 0 Å². The van der Waals surface area contributed by atoms with Gasteiger partial charge < -0.3 is 0 Å². The molecule has 3 nitrogen and oxygen atoms in total. The molecule has 0 saturated heterocycles. The van der Waals surface area contributed by atoms with E-state index in [9.17, 15) is 0 Å². The Morgan fingerprint density at radius 1 is 0.300 bits per heavy atom. The topological polar surface area (TPSA) is 38.7 Å². The second-order valence-electron chi connectivity index (χ2n) is 12.4. The molecule has 10 rings (SSSR count). The first-order valence-corrected chi connectivity index (χ1v) is 18.2. The molecule has 0 aliphatic carbocycles. The summed E-state index contributed by atoms with van der Waals surface area (Å²) in [5.41, 5.74) is 7.87. The van der Waals surface area contributed by atoms with Crippen LogP contribution in [0.2, 0.25) is 0 Å². The molecule has 0 bridgehead atoms. The van der Waals surface area contributed by atoms with Gasteiger partial charge in [-0.1, -0.05) is 133 Å². The Hall–Kier alpha value is -6.01. The molecule has 3 aromatic heterocycles. The van der Waals surface area contributed by atoms with E-state index in [2.05, 4.69) is 103 Å². The van der Waals surface area contributed by atoms with E-state index in [0.717, 1.165) is 16.7 Å². The maximum Gasteiger partial charge on any atom is 0.164 e. The van der Waals surface area contributed by atoms with Crippen molar-refractivity contribution in [2.75, 3.05) is 0 Å². The second kappa shape index (κ2) is 11.8. The first kappa shape index (κ1) is 29.0. The summed E-state index contributed by atoms with van der Waals surface area (Å²) in [5.74, 6) is 2.00. The Bertz CT molecular complexity index is 2800. The van der Waals surface area contributed by atoms with Gasteiger partial charge in [0, 0.05) is 57.0 Å². The highest BCUT2D eigenvalue weighted by molar-refractivity contribution is 7.26. The van der Waals surface area contributed by atoms with E-state index in [-0.39, 0.29) is 0 Å². The van der Waals surface area contributed by atoms with Crippen molar-refractivity contribution in [3.63, 3.8) is 0 Å². The minimum Gasteiger partial charge on any atom is -0.208 e. The summed E-state index contributed by atoms with van der Waals surface area (Å²) in [6, 6.07) is 58.0. The highest BCUT2D eigenvalue weighted by Crippen LogP contribution is 2.44. The normalized spacial score (nSPS) is 11.6. The Balaban J connectivity index is 1.10. The van der Waals surface area contributed by atoms with Crippen LogP contribution in [0.5, 0.6) is 0 Å². The van der Waals surface area contributed by atoms with Crippen molar-refractivity contribution in [2.24, 2.45) is 0 Å². The number of aromatic nitrogens is 3. The molecule has 3 heterocycles. The van der Waals surface area contributed by atoms with E-state index in [4.69, 9.17) is 15.0 Å². The molecule has 7 aromatic carbocycles. The van der Waals surface area contributed by atoms with Crippen molar-refractivity contribution in [2.45, 2.75) is 0 Å². The lowest BCUT2D eigenvalue weighted by Crippen LogP contribution is -1.99. The van der Waals surface area contributed by atoms with Gasteiger partial charge >= 0.3 is 0 Å². The summed E-state index contributed by atoms with van der Waals surface area (Å²) >= 11 is 3.69. The van der Waals surface area contributed by atoms with Gasteiger partial charge in [0.15, 0.2) is 17.5 Å². The average Bonchev–Trinajstić information content (AvgIpc) is 3.76. The number of nitrogens with zero attached hydrogens (tertiary/aromatic N) is 3. The van der Waals surface area contributed by atoms with E-state index in [1.807, 2.05) is 83.3 Å². The standard InChI is InChI=1S/C45H27N3S2/c1-4-12-28(13-5-1)37-24-33(27-41-42(37)36-18-10-11-19-38(36)49-41)31-20-22-34-35-23-21-32(26-40(35)50-39(34)25-31)45-47-43(29-14-6-2-7-15-29)46-44(48-45)30-16-8-3-9-17-30/h1-27H. The fourth-order valence-corrected chi connectivity index (χ4v) is 9.26. The lowest BCUT2D eigenvalue weighted by atomic mass is 9.94. The lowest BCUT2D eigenvalue weighted by Gasteiger charge is -2.10. The fourth-order valence-electron chi connectivity index (χ4n) is 6.90. The third kappa shape index (κ3) is 4.98. The number of thiophene rings is 2. The quantitative estimate of drug-likeness (QED) is 0.182. The zero-order valence-electron chi connectivity index (χ0n) is 26.7. The van der Waals surface area contributed by atoms with Crippen molar-refractivity contribution in [3.8, 4) is 56.4 Å². The van der Waals surface area contributed by atoms with E-state index in [0.29, 0.717) is 17.5 Å². The zero-order chi connectivity index (χ0) is 33.0. The molecule has 0 fully saturated rings. The van der Waals surface area contributed by atoms with Gasteiger partial charge in [-0.15, -0.1) is 22.7 Å². The van der Waals surface area contributed by atoms with Gasteiger partial charge in [-0.05, 0) is 52.6 Å². The third-order valence-electron chi connectivity index (χ3n) is 9.33. The van der Waals surface area contributed by atoms with Crippen LogP contribution >= 0.6 is 22.7 Å². The molecular formula is C45H27N3S2. The monoisotopic (exact) mass is 673 g/mol. The highest BCUT2D eigenvalue weighted by Gasteiger charge is 2.16. The van der Waals surface area contributed by atoms with Crippen LogP contribution in [0, 0.1) is 0 Å². The molecule has 50 heavy (non-hydrogen) atoms. The van der Waals surface area contributed by atoms with Gasteiger partial charge in [-0.3, -0.25) is 0 Å². The predicted molar refractivity (Wildman–Crippen MR) is 213 cm³/mol. The molecule has 10 aromatic rings. The summed E-state index contributed by atoms with van der Waals surface area (Å²) in [6.45, 7) is 0. The molecule has 234 valence electrons. The minimum absolute atomic E-state index is 0.668. The highest BCUT2D eigenvalue weighted by atomic mass is 32.1. The van der Waals surface area contributed by atoms with E-state index < -0.39 is 0 Å². The van der Waals surface area contributed by atoms with Crippen molar-refractivity contribution in [1.82, 2.24) is 15.0 Å². The largest absolute Gasteiger partial charge is 0.208 e. The zero-order valence-corrected chi connectivity index (χ0v) is 28.4. The number of rotatable bonds is 5. The molecule has 0 unspecified atom stereocenters. The number of hydrogen-bond acceptors (Lipinski definition) is 5. The van der Waals surface area contributed by atoms with Crippen LogP contribution in [-0.4, -0.2) is 15.0 Å². The summed E-state index contributed by atoms with van der Waals surface area (Å²) in [5, 5.41) is 5.15. The number of benzene rings is 7.